The molecule has 0 aliphatic carbocycles. The summed E-state index contributed by atoms with van der Waals surface area (Å²) in [5.41, 5.74) is 4.33. The summed E-state index contributed by atoms with van der Waals surface area (Å²) < 4.78 is 70.1. The highest BCUT2D eigenvalue weighted by molar-refractivity contribution is 5.50. The van der Waals surface area contributed by atoms with Crippen LogP contribution in [0, 0.1) is 0 Å². The Bertz CT molecular complexity index is 532. The summed E-state index contributed by atoms with van der Waals surface area (Å²) in [5, 5.41) is 0. The molecule has 1 aliphatic heterocycles. The van der Waals surface area contributed by atoms with Crippen LogP contribution in [0.3, 0.4) is 0 Å². The lowest BCUT2D eigenvalue weighted by molar-refractivity contribution is -0.289. The Morgan fingerprint density at radius 3 is 2.50 bits per heavy atom. The van der Waals surface area contributed by atoms with Crippen molar-refractivity contribution in [3.63, 3.8) is 0 Å². The number of likely N-dealkylation sites (tertiary alicyclic amines) is 1. The van der Waals surface area contributed by atoms with Gasteiger partial charge >= 0.3 is 12.1 Å². The first-order valence-corrected chi connectivity index (χ1v) is 6.80. The van der Waals surface area contributed by atoms with Crippen LogP contribution in [0.4, 0.5) is 27.6 Å². The van der Waals surface area contributed by atoms with Gasteiger partial charge in [-0.25, -0.2) is 0 Å². The molecule has 0 radical (unpaired) electrons. The molecule has 22 heavy (non-hydrogen) atoms. The smallest absolute Gasteiger partial charge is 0.458 e. The van der Waals surface area contributed by atoms with Crippen molar-refractivity contribution in [2.75, 3.05) is 25.9 Å². The molecule has 0 spiro atoms. The van der Waals surface area contributed by atoms with E-state index < -0.39 is 23.4 Å². The Hall–Kier alpha value is -1.57. The van der Waals surface area contributed by atoms with E-state index >= 15 is 0 Å². The second-order valence-electron chi connectivity index (χ2n) is 5.42. The minimum atomic E-state index is -5.69. The number of nitrogen functional groups attached to an aromatic ring is 1. The molecule has 0 bridgehead atoms. The molecule has 1 aromatic carbocycles. The van der Waals surface area contributed by atoms with Crippen molar-refractivity contribution in [3.05, 3.63) is 23.8 Å². The third-order valence-electron chi connectivity index (χ3n) is 3.80. The predicted molar refractivity (Wildman–Crippen MR) is 72.0 cm³/mol. The minimum Gasteiger partial charge on any atom is -0.491 e. The van der Waals surface area contributed by atoms with E-state index in [0.717, 1.165) is 31.5 Å². The van der Waals surface area contributed by atoms with Crippen molar-refractivity contribution in [1.82, 2.24) is 4.90 Å². The molecule has 1 aliphatic rings. The van der Waals surface area contributed by atoms with Gasteiger partial charge in [-0.1, -0.05) is 0 Å². The first kappa shape index (κ1) is 16.8. The molecular formula is C14H17F5N2O. The molecule has 8 heteroatoms. The monoisotopic (exact) mass is 324 g/mol. The fourth-order valence-corrected chi connectivity index (χ4v) is 2.45. The Labute approximate surface area is 124 Å². The van der Waals surface area contributed by atoms with Crippen LogP contribution in [0.25, 0.3) is 0 Å². The average Bonchev–Trinajstić information content (AvgIpc) is 2.80. The maximum atomic E-state index is 13.6. The average molecular weight is 324 g/mol. The summed E-state index contributed by atoms with van der Waals surface area (Å²) in [6, 6.07) is 2.66. The van der Waals surface area contributed by atoms with Crippen LogP contribution in [0.2, 0.25) is 0 Å². The van der Waals surface area contributed by atoms with Crippen LogP contribution in [0.5, 0.6) is 5.75 Å². The summed E-state index contributed by atoms with van der Waals surface area (Å²) in [4.78, 5) is 1.98. The molecule has 3 nitrogen and oxygen atoms in total. The third-order valence-corrected chi connectivity index (χ3v) is 3.80. The molecular weight excluding hydrogens is 307 g/mol. The maximum Gasteiger partial charge on any atom is 0.458 e. The van der Waals surface area contributed by atoms with E-state index in [1.165, 1.54) is 0 Å². The van der Waals surface area contributed by atoms with Crippen molar-refractivity contribution in [2.45, 2.75) is 31.0 Å². The third kappa shape index (κ3) is 3.26. The Kier molecular flexibility index (Phi) is 4.51. The van der Waals surface area contributed by atoms with Gasteiger partial charge in [0.15, 0.2) is 0 Å². The van der Waals surface area contributed by atoms with Gasteiger partial charge < -0.3 is 15.4 Å². The molecule has 2 rings (SSSR count). The van der Waals surface area contributed by atoms with Crippen LogP contribution in [-0.4, -0.2) is 37.3 Å². The van der Waals surface area contributed by atoms with Crippen molar-refractivity contribution in [2.24, 2.45) is 0 Å². The summed E-state index contributed by atoms with van der Waals surface area (Å²) in [6.07, 6.45) is -3.94. The van der Waals surface area contributed by atoms with E-state index in [-0.39, 0.29) is 18.3 Å². The zero-order valence-electron chi connectivity index (χ0n) is 12.0. The molecule has 124 valence electrons. The Balaban J connectivity index is 2.24. The number of likely N-dealkylation sites (N-methyl/N-ethyl adjacent to an activating group) is 1. The fourth-order valence-electron chi connectivity index (χ4n) is 2.45. The highest BCUT2D eigenvalue weighted by Gasteiger charge is 2.60. The first-order chi connectivity index (χ1) is 10.1. The zero-order valence-corrected chi connectivity index (χ0v) is 12.0. The van der Waals surface area contributed by atoms with Crippen LogP contribution < -0.4 is 10.5 Å². The molecule has 0 amide bonds. The van der Waals surface area contributed by atoms with Crippen molar-refractivity contribution in [1.29, 1.82) is 0 Å². The van der Waals surface area contributed by atoms with E-state index in [9.17, 15) is 22.0 Å². The minimum absolute atomic E-state index is 0.00575. The number of rotatable bonds is 4. The zero-order chi connectivity index (χ0) is 16.5. The number of nitrogens with zero attached hydrogens (tertiary/aromatic N) is 1. The Morgan fingerprint density at radius 1 is 1.27 bits per heavy atom. The molecule has 0 saturated carbocycles. The SMILES string of the molecule is CN1CCC[C@@H]1COc1cc(N)ccc1C(F)(F)C(F)(F)F. The molecule has 0 unspecified atom stereocenters. The number of hydrogen-bond donors (Lipinski definition) is 1. The van der Waals surface area contributed by atoms with Gasteiger partial charge in [-0.2, -0.15) is 22.0 Å². The quantitative estimate of drug-likeness (QED) is 0.681. The highest BCUT2D eigenvalue weighted by Crippen LogP contribution is 2.47. The lowest BCUT2D eigenvalue weighted by Gasteiger charge is -2.24. The largest absolute Gasteiger partial charge is 0.491 e. The number of nitrogens with two attached hydrogens (primary N) is 1. The number of anilines is 1. The summed E-state index contributed by atoms with van der Waals surface area (Å²) in [5.74, 6) is -5.51. The number of alkyl halides is 5. The molecule has 1 atom stereocenters. The molecule has 1 fully saturated rings. The van der Waals surface area contributed by atoms with E-state index in [1.807, 2.05) is 11.9 Å². The highest BCUT2D eigenvalue weighted by atomic mass is 19.4. The van der Waals surface area contributed by atoms with Gasteiger partial charge in [0.1, 0.15) is 12.4 Å². The van der Waals surface area contributed by atoms with Crippen molar-refractivity contribution in [3.8, 4) is 5.75 Å². The topological polar surface area (TPSA) is 38.5 Å². The van der Waals surface area contributed by atoms with E-state index in [4.69, 9.17) is 10.5 Å². The summed E-state index contributed by atoms with van der Waals surface area (Å²) in [6.45, 7) is 0.886. The van der Waals surface area contributed by atoms with Crippen LogP contribution in [-0.2, 0) is 5.92 Å². The number of benzene rings is 1. The van der Waals surface area contributed by atoms with Crippen LogP contribution in [0.1, 0.15) is 18.4 Å². The van der Waals surface area contributed by atoms with Gasteiger partial charge in [0.25, 0.3) is 0 Å². The van der Waals surface area contributed by atoms with E-state index in [0.29, 0.717) is 6.07 Å². The maximum absolute atomic E-state index is 13.6. The molecule has 1 heterocycles. The van der Waals surface area contributed by atoms with Gasteiger partial charge in [-0.15, -0.1) is 0 Å². The van der Waals surface area contributed by atoms with E-state index in [1.54, 1.807) is 0 Å². The lowest BCUT2D eigenvalue weighted by atomic mass is 10.1. The summed E-state index contributed by atoms with van der Waals surface area (Å²) >= 11 is 0. The molecule has 1 aromatic rings. The van der Waals surface area contributed by atoms with Gasteiger partial charge in [0, 0.05) is 17.8 Å². The Morgan fingerprint density at radius 2 is 1.95 bits per heavy atom. The molecule has 0 aromatic heterocycles. The second-order valence-corrected chi connectivity index (χ2v) is 5.42. The van der Waals surface area contributed by atoms with Gasteiger partial charge in [0.2, 0.25) is 0 Å². The van der Waals surface area contributed by atoms with Gasteiger partial charge in [0.05, 0.1) is 5.56 Å². The van der Waals surface area contributed by atoms with Crippen LogP contribution in [0.15, 0.2) is 18.2 Å². The summed E-state index contributed by atoms with van der Waals surface area (Å²) in [7, 11) is 1.85. The second kappa shape index (κ2) is 5.91. The number of ether oxygens (including phenoxy) is 1. The van der Waals surface area contributed by atoms with Crippen LogP contribution >= 0.6 is 0 Å². The molecule has 2 N–H and O–H groups in total. The van der Waals surface area contributed by atoms with Gasteiger partial charge in [-0.3, -0.25) is 0 Å². The lowest BCUT2D eigenvalue weighted by Crippen LogP contribution is -2.35. The van der Waals surface area contributed by atoms with Gasteiger partial charge in [-0.05, 0) is 38.6 Å². The standard InChI is InChI=1S/C14H17F5N2O/c1-21-6-2-3-10(21)8-22-12-7-9(20)4-5-11(12)13(15,16)14(17,18)19/h4-5,7,10H,2-3,6,8,20H2,1H3/t10-/m1/s1. The van der Waals surface area contributed by atoms with Crippen molar-refractivity contribution < 1.29 is 26.7 Å². The van der Waals surface area contributed by atoms with Crippen molar-refractivity contribution >= 4 is 5.69 Å². The molecule has 1 saturated heterocycles. The first-order valence-electron chi connectivity index (χ1n) is 6.80. The fraction of sp³-hybridized carbons (Fsp3) is 0.571. The number of halogens is 5. The van der Waals surface area contributed by atoms with E-state index in [2.05, 4.69) is 0 Å². The normalized spacial score (nSPS) is 20.4. The number of hydrogen-bond acceptors (Lipinski definition) is 3. The predicted octanol–water partition coefficient (Wildman–Crippen LogP) is 3.40.